The Bertz CT molecular complexity index is 475. The first-order valence-electron chi connectivity index (χ1n) is 6.88. The van der Waals surface area contributed by atoms with Crippen LogP contribution in [0.3, 0.4) is 0 Å². The van der Waals surface area contributed by atoms with E-state index in [4.69, 9.17) is 4.74 Å². The number of methoxy groups -OCH3 is 1. The van der Waals surface area contributed by atoms with Gasteiger partial charge in [0.25, 0.3) is 5.91 Å². The fourth-order valence-electron chi connectivity index (χ4n) is 2.71. The number of nitrogens with zero attached hydrogens (tertiary/aromatic N) is 1. The van der Waals surface area contributed by atoms with Crippen LogP contribution in [0.5, 0.6) is 5.75 Å². The lowest BCUT2D eigenvalue weighted by molar-refractivity contribution is 0.0691. The maximum absolute atomic E-state index is 14.0. The van der Waals surface area contributed by atoms with Gasteiger partial charge in [0, 0.05) is 24.0 Å². The van der Waals surface area contributed by atoms with Crippen LogP contribution < -0.4 is 4.74 Å². The van der Waals surface area contributed by atoms with Crippen molar-refractivity contribution >= 4 is 21.8 Å². The Morgan fingerprint density at radius 2 is 2.15 bits per heavy atom. The minimum absolute atomic E-state index is 0.124. The average molecular weight is 344 g/mol. The van der Waals surface area contributed by atoms with Crippen molar-refractivity contribution < 1.29 is 13.9 Å². The van der Waals surface area contributed by atoms with Gasteiger partial charge >= 0.3 is 0 Å². The minimum atomic E-state index is -0.521. The molecule has 0 aromatic heterocycles. The summed E-state index contributed by atoms with van der Waals surface area (Å²) in [6.07, 6.45) is 4.30. The van der Waals surface area contributed by atoms with Gasteiger partial charge in [0.2, 0.25) is 0 Å². The molecule has 0 N–H and O–H groups in total. The largest absolute Gasteiger partial charge is 0.497 e. The highest BCUT2D eigenvalue weighted by molar-refractivity contribution is 9.09. The van der Waals surface area contributed by atoms with E-state index in [1.165, 1.54) is 19.2 Å². The summed E-state index contributed by atoms with van der Waals surface area (Å²) < 4.78 is 19.0. The molecule has 2 rings (SSSR count). The van der Waals surface area contributed by atoms with Crippen LogP contribution in [0, 0.1) is 5.82 Å². The molecule has 3 nitrogen and oxygen atoms in total. The number of halogens is 2. The van der Waals surface area contributed by atoms with Gasteiger partial charge in [-0.15, -0.1) is 0 Å². The molecular formula is C15H19BrFNO2. The molecule has 110 valence electrons. The van der Waals surface area contributed by atoms with Crippen molar-refractivity contribution in [3.8, 4) is 5.75 Å². The number of benzene rings is 1. The van der Waals surface area contributed by atoms with Crippen LogP contribution >= 0.6 is 15.9 Å². The Labute approximate surface area is 127 Å². The Balaban J connectivity index is 2.22. The molecule has 0 radical (unpaired) electrons. The molecule has 1 amide bonds. The molecule has 5 heteroatoms. The van der Waals surface area contributed by atoms with E-state index in [0.717, 1.165) is 25.7 Å². The summed E-state index contributed by atoms with van der Waals surface area (Å²) in [7, 11) is 1.48. The summed E-state index contributed by atoms with van der Waals surface area (Å²) in [6.45, 7) is 0.606. The van der Waals surface area contributed by atoms with E-state index in [2.05, 4.69) is 15.9 Å². The quantitative estimate of drug-likeness (QED) is 0.764. The van der Waals surface area contributed by atoms with Crippen molar-refractivity contribution in [2.75, 3.05) is 19.0 Å². The maximum Gasteiger partial charge on any atom is 0.257 e. The Kier molecular flexibility index (Phi) is 5.40. The van der Waals surface area contributed by atoms with Crippen LogP contribution in [0.4, 0.5) is 4.39 Å². The number of hydrogen-bond acceptors (Lipinski definition) is 2. The highest BCUT2D eigenvalue weighted by atomic mass is 79.9. The molecule has 0 heterocycles. The second-order valence-corrected chi connectivity index (χ2v) is 5.76. The topological polar surface area (TPSA) is 29.5 Å². The van der Waals surface area contributed by atoms with Crippen LogP contribution in [0.2, 0.25) is 0 Å². The van der Waals surface area contributed by atoms with Crippen LogP contribution in [-0.2, 0) is 0 Å². The maximum atomic E-state index is 14.0. The third kappa shape index (κ3) is 3.32. The lowest BCUT2D eigenvalue weighted by Crippen LogP contribution is -2.40. The zero-order valence-corrected chi connectivity index (χ0v) is 13.2. The van der Waals surface area contributed by atoms with E-state index in [9.17, 15) is 9.18 Å². The summed E-state index contributed by atoms with van der Waals surface area (Å²) in [4.78, 5) is 14.4. The molecule has 0 atom stereocenters. The number of hydrogen-bond donors (Lipinski definition) is 0. The van der Waals surface area contributed by atoms with Crippen LogP contribution in [-0.4, -0.2) is 35.8 Å². The van der Waals surface area contributed by atoms with Crippen molar-refractivity contribution in [1.82, 2.24) is 4.90 Å². The van der Waals surface area contributed by atoms with E-state index in [0.29, 0.717) is 17.6 Å². The monoisotopic (exact) mass is 343 g/mol. The van der Waals surface area contributed by atoms with Crippen molar-refractivity contribution in [3.05, 3.63) is 29.6 Å². The first kappa shape index (κ1) is 15.3. The molecule has 0 bridgehead atoms. The van der Waals surface area contributed by atoms with Gasteiger partial charge in [-0.3, -0.25) is 4.79 Å². The van der Waals surface area contributed by atoms with Gasteiger partial charge in [-0.25, -0.2) is 4.39 Å². The van der Waals surface area contributed by atoms with Gasteiger partial charge in [-0.2, -0.15) is 0 Å². The molecule has 20 heavy (non-hydrogen) atoms. The van der Waals surface area contributed by atoms with Gasteiger partial charge in [-0.05, 0) is 25.0 Å². The van der Waals surface area contributed by atoms with Gasteiger partial charge < -0.3 is 9.64 Å². The molecule has 1 aromatic carbocycles. The Hall–Kier alpha value is -1.10. The SMILES string of the molecule is COc1ccc(C(=O)N(CCBr)C2CCCC2)c(F)c1. The third-order valence-electron chi connectivity index (χ3n) is 3.76. The number of alkyl halides is 1. The highest BCUT2D eigenvalue weighted by Crippen LogP contribution is 2.26. The number of rotatable bonds is 5. The van der Waals surface area contributed by atoms with Crippen molar-refractivity contribution in [2.45, 2.75) is 31.7 Å². The normalized spacial score (nSPS) is 15.3. The minimum Gasteiger partial charge on any atom is -0.497 e. The van der Waals surface area contributed by atoms with Crippen LogP contribution in [0.1, 0.15) is 36.0 Å². The summed E-state index contributed by atoms with van der Waals surface area (Å²) >= 11 is 3.37. The van der Waals surface area contributed by atoms with E-state index < -0.39 is 5.82 Å². The summed E-state index contributed by atoms with van der Waals surface area (Å²) in [5, 5.41) is 0.701. The fraction of sp³-hybridized carbons (Fsp3) is 0.533. The summed E-state index contributed by atoms with van der Waals surface area (Å²) in [6, 6.07) is 4.62. The summed E-state index contributed by atoms with van der Waals surface area (Å²) in [5.74, 6) is -0.324. The van der Waals surface area contributed by atoms with Crippen molar-refractivity contribution in [1.29, 1.82) is 0 Å². The Morgan fingerprint density at radius 1 is 1.45 bits per heavy atom. The number of carbonyl (C=O) groups excluding carboxylic acids is 1. The molecule has 1 aliphatic rings. The second kappa shape index (κ2) is 7.07. The van der Waals surface area contributed by atoms with Crippen molar-refractivity contribution in [3.63, 3.8) is 0 Å². The Morgan fingerprint density at radius 3 is 2.70 bits per heavy atom. The predicted molar refractivity (Wildman–Crippen MR) is 80.0 cm³/mol. The van der Waals surface area contributed by atoms with E-state index in [-0.39, 0.29) is 17.5 Å². The third-order valence-corrected chi connectivity index (χ3v) is 4.11. The lowest BCUT2D eigenvalue weighted by atomic mass is 10.1. The number of carbonyl (C=O) groups is 1. The van der Waals surface area contributed by atoms with Gasteiger partial charge in [0.15, 0.2) is 0 Å². The first-order valence-corrected chi connectivity index (χ1v) is 8.00. The zero-order chi connectivity index (χ0) is 14.5. The predicted octanol–water partition coefficient (Wildman–Crippen LogP) is 3.61. The standard InChI is InChI=1S/C15H19BrFNO2/c1-20-12-6-7-13(14(17)10-12)15(19)18(9-8-16)11-4-2-3-5-11/h6-7,10-11H,2-5,8-9H2,1H3. The highest BCUT2D eigenvalue weighted by Gasteiger charge is 2.28. The molecule has 0 unspecified atom stereocenters. The van der Waals surface area contributed by atoms with Crippen molar-refractivity contribution in [2.24, 2.45) is 0 Å². The average Bonchev–Trinajstić information content (AvgIpc) is 2.97. The molecule has 0 spiro atoms. The molecular weight excluding hydrogens is 325 g/mol. The molecule has 1 aromatic rings. The lowest BCUT2D eigenvalue weighted by Gasteiger charge is -2.28. The zero-order valence-electron chi connectivity index (χ0n) is 11.6. The van der Waals surface area contributed by atoms with Gasteiger partial charge in [-0.1, -0.05) is 28.8 Å². The van der Waals surface area contributed by atoms with Gasteiger partial charge in [0.1, 0.15) is 11.6 Å². The molecule has 0 saturated heterocycles. The van der Waals surface area contributed by atoms with E-state index >= 15 is 0 Å². The van der Waals surface area contributed by atoms with Crippen LogP contribution in [0.15, 0.2) is 18.2 Å². The molecule has 1 aliphatic carbocycles. The van der Waals surface area contributed by atoms with Crippen LogP contribution in [0.25, 0.3) is 0 Å². The fourth-order valence-corrected chi connectivity index (χ4v) is 3.09. The number of ether oxygens (including phenoxy) is 1. The smallest absolute Gasteiger partial charge is 0.257 e. The number of amides is 1. The van der Waals surface area contributed by atoms with Gasteiger partial charge in [0.05, 0.1) is 12.7 Å². The van der Waals surface area contributed by atoms with E-state index in [1.54, 1.807) is 11.0 Å². The first-order chi connectivity index (χ1) is 9.67. The molecule has 0 aliphatic heterocycles. The summed E-state index contributed by atoms with van der Waals surface area (Å²) in [5.41, 5.74) is 0.124. The molecule has 1 saturated carbocycles. The second-order valence-electron chi connectivity index (χ2n) is 4.97. The van der Waals surface area contributed by atoms with E-state index in [1.807, 2.05) is 0 Å². The molecule has 1 fully saturated rings.